The fourth-order valence-electron chi connectivity index (χ4n) is 3.50. The van der Waals surface area contributed by atoms with Crippen molar-refractivity contribution in [3.05, 3.63) is 64.9 Å². The van der Waals surface area contributed by atoms with Crippen molar-refractivity contribution in [3.8, 4) is 11.5 Å². The topological polar surface area (TPSA) is 98.2 Å². The number of anilines is 1. The van der Waals surface area contributed by atoms with Gasteiger partial charge in [-0.15, -0.1) is 0 Å². The van der Waals surface area contributed by atoms with Gasteiger partial charge in [-0.05, 0) is 44.5 Å². The normalized spacial score (nSPS) is 15.2. The van der Waals surface area contributed by atoms with E-state index in [1.54, 1.807) is 40.2 Å². The minimum absolute atomic E-state index is 0.147. The first-order valence-electron chi connectivity index (χ1n) is 10.8. The number of ether oxygens (including phenoxy) is 3. The van der Waals surface area contributed by atoms with Gasteiger partial charge in [-0.2, -0.15) is 0 Å². The molecule has 1 heterocycles. The summed E-state index contributed by atoms with van der Waals surface area (Å²) in [7, 11) is 3.12. The van der Waals surface area contributed by atoms with Gasteiger partial charge in [0.05, 0.1) is 32.2 Å². The number of methoxy groups -OCH3 is 2. The number of benzene rings is 2. The second kappa shape index (κ2) is 11.6. The Kier molecular flexibility index (Phi) is 8.59. The number of rotatable bonds is 8. The molecule has 34 heavy (non-hydrogen) atoms. The van der Waals surface area contributed by atoms with Crippen molar-refractivity contribution in [1.82, 2.24) is 5.32 Å². The van der Waals surface area contributed by atoms with Gasteiger partial charge < -0.3 is 24.8 Å². The van der Waals surface area contributed by atoms with Crippen molar-refractivity contribution < 1.29 is 23.8 Å². The van der Waals surface area contributed by atoms with Crippen LogP contribution < -0.4 is 20.1 Å². The van der Waals surface area contributed by atoms with E-state index in [1.807, 2.05) is 37.3 Å². The summed E-state index contributed by atoms with van der Waals surface area (Å²) in [5.74, 6) is 0.695. The van der Waals surface area contributed by atoms with Crippen LogP contribution in [0, 0.1) is 6.92 Å². The summed E-state index contributed by atoms with van der Waals surface area (Å²) in [6.07, 6.45) is 0. The molecule has 180 valence electrons. The van der Waals surface area contributed by atoms with E-state index >= 15 is 0 Å². The number of carbonyl (C=O) groups is 2. The predicted octanol–water partition coefficient (Wildman–Crippen LogP) is 4.22. The van der Waals surface area contributed by atoms with Crippen LogP contribution in [0.2, 0.25) is 0 Å². The lowest BCUT2D eigenvalue weighted by atomic mass is 9.95. The van der Waals surface area contributed by atoms with Crippen LogP contribution in [0.25, 0.3) is 0 Å². The first-order chi connectivity index (χ1) is 16.4. The molecule has 0 unspecified atom stereocenters. The molecule has 2 aromatic carbocycles. The van der Waals surface area contributed by atoms with Crippen molar-refractivity contribution in [2.45, 2.75) is 26.8 Å². The minimum atomic E-state index is -0.664. The maximum absolute atomic E-state index is 12.8. The van der Waals surface area contributed by atoms with E-state index < -0.39 is 12.0 Å². The number of amidine groups is 1. The zero-order valence-electron chi connectivity index (χ0n) is 19.9. The Labute approximate surface area is 203 Å². The molecular formula is C25H29N3O5S. The number of nitrogens with zero attached hydrogens (tertiary/aromatic N) is 1. The van der Waals surface area contributed by atoms with Crippen LogP contribution in [0.3, 0.4) is 0 Å². The highest BCUT2D eigenvalue weighted by Gasteiger charge is 2.32. The van der Waals surface area contributed by atoms with Crippen LogP contribution in [0.5, 0.6) is 11.5 Å². The number of aliphatic imine (C=N–C) groups is 1. The van der Waals surface area contributed by atoms with E-state index in [4.69, 9.17) is 19.2 Å². The van der Waals surface area contributed by atoms with Crippen LogP contribution in [-0.4, -0.2) is 43.6 Å². The summed E-state index contributed by atoms with van der Waals surface area (Å²) in [6.45, 7) is 5.72. The van der Waals surface area contributed by atoms with Gasteiger partial charge in [0, 0.05) is 23.0 Å². The zero-order valence-corrected chi connectivity index (χ0v) is 20.7. The largest absolute Gasteiger partial charge is 0.497 e. The molecule has 1 aliphatic heterocycles. The number of hydrogen-bond acceptors (Lipinski definition) is 8. The minimum Gasteiger partial charge on any atom is -0.497 e. The second-order valence-electron chi connectivity index (χ2n) is 7.48. The maximum Gasteiger partial charge on any atom is 0.338 e. The van der Waals surface area contributed by atoms with Crippen LogP contribution in [0.15, 0.2) is 58.7 Å². The number of thioether (sulfide) groups is 1. The van der Waals surface area contributed by atoms with Crippen LogP contribution in [0.1, 0.15) is 31.0 Å². The Morgan fingerprint density at radius 2 is 1.88 bits per heavy atom. The molecule has 8 nitrogen and oxygen atoms in total. The zero-order chi connectivity index (χ0) is 24.7. The number of amides is 1. The molecule has 0 saturated heterocycles. The molecule has 2 N–H and O–H groups in total. The van der Waals surface area contributed by atoms with Crippen molar-refractivity contribution in [2.75, 3.05) is 31.9 Å². The Bertz CT molecular complexity index is 1130. The molecular weight excluding hydrogens is 454 g/mol. The van der Waals surface area contributed by atoms with Gasteiger partial charge in [0.1, 0.15) is 17.5 Å². The summed E-state index contributed by atoms with van der Waals surface area (Å²) < 4.78 is 16.1. The Balaban J connectivity index is 1.86. The second-order valence-corrected chi connectivity index (χ2v) is 8.44. The number of para-hydroxylation sites is 1. The third-order valence-electron chi connectivity index (χ3n) is 5.21. The highest BCUT2D eigenvalue weighted by Crippen LogP contribution is 2.39. The van der Waals surface area contributed by atoms with Gasteiger partial charge in [0.2, 0.25) is 5.91 Å². The molecule has 1 amide bonds. The Morgan fingerprint density at radius 3 is 2.56 bits per heavy atom. The summed E-state index contributed by atoms with van der Waals surface area (Å²) in [5.41, 5.74) is 3.44. The van der Waals surface area contributed by atoms with E-state index in [2.05, 4.69) is 10.6 Å². The number of nitrogens with one attached hydrogen (secondary N) is 2. The third-order valence-corrected chi connectivity index (χ3v) is 6.10. The lowest BCUT2D eigenvalue weighted by molar-refractivity contribution is -0.139. The highest BCUT2D eigenvalue weighted by molar-refractivity contribution is 8.14. The predicted molar refractivity (Wildman–Crippen MR) is 134 cm³/mol. The summed E-state index contributed by atoms with van der Waals surface area (Å²) in [6, 6.07) is 12.3. The fraction of sp³-hybridized carbons (Fsp3) is 0.320. The number of allylic oxidation sites excluding steroid dienone is 1. The third kappa shape index (κ3) is 5.91. The Hall–Kier alpha value is -3.46. The van der Waals surface area contributed by atoms with Gasteiger partial charge >= 0.3 is 5.97 Å². The van der Waals surface area contributed by atoms with E-state index in [1.165, 1.54) is 11.8 Å². The monoisotopic (exact) mass is 483 g/mol. The smallest absolute Gasteiger partial charge is 0.338 e. The highest BCUT2D eigenvalue weighted by atomic mass is 32.2. The molecule has 1 atom stereocenters. The number of esters is 1. The molecule has 0 radical (unpaired) electrons. The standard InChI is InChI=1S/C25H29N3O5S/c1-6-33-24(30)22-16(3)26-25(34-14-21(29)27-19-10-8-7-9-15(19)2)28-23(22)18-12-11-17(31-4)13-20(18)32-5/h7-13,23H,6,14H2,1-5H3,(H,26,28)(H,27,29)/t23-/m0/s1. The van der Waals surface area contributed by atoms with E-state index in [0.29, 0.717) is 33.5 Å². The molecule has 0 aliphatic carbocycles. The number of aryl methyl sites for hydroxylation is 1. The van der Waals surface area contributed by atoms with Gasteiger partial charge in [-0.25, -0.2) is 9.79 Å². The van der Waals surface area contributed by atoms with Gasteiger partial charge in [0.15, 0.2) is 5.17 Å². The first-order valence-corrected chi connectivity index (χ1v) is 11.8. The maximum atomic E-state index is 12.8. The molecule has 0 spiro atoms. The molecule has 2 aromatic rings. The summed E-state index contributed by atoms with van der Waals surface area (Å²) >= 11 is 1.26. The van der Waals surface area contributed by atoms with Crippen LogP contribution in [-0.2, 0) is 14.3 Å². The van der Waals surface area contributed by atoms with Crippen molar-refractivity contribution in [2.24, 2.45) is 4.99 Å². The first kappa shape index (κ1) is 25.2. The fourth-order valence-corrected chi connectivity index (χ4v) is 4.24. The molecule has 0 aromatic heterocycles. The molecule has 0 fully saturated rings. The number of carbonyl (C=O) groups excluding carboxylic acids is 2. The molecule has 0 bridgehead atoms. The lowest BCUT2D eigenvalue weighted by Crippen LogP contribution is -2.31. The van der Waals surface area contributed by atoms with E-state index in [-0.39, 0.29) is 18.3 Å². The average Bonchev–Trinajstić information content (AvgIpc) is 2.83. The summed E-state index contributed by atoms with van der Waals surface area (Å²) in [4.78, 5) is 30.1. The Morgan fingerprint density at radius 1 is 1.12 bits per heavy atom. The molecule has 0 saturated carbocycles. The quantitative estimate of drug-likeness (QED) is 0.543. The van der Waals surface area contributed by atoms with E-state index in [0.717, 1.165) is 11.3 Å². The van der Waals surface area contributed by atoms with E-state index in [9.17, 15) is 9.59 Å². The van der Waals surface area contributed by atoms with Crippen molar-refractivity contribution >= 4 is 34.5 Å². The summed E-state index contributed by atoms with van der Waals surface area (Å²) in [5, 5.41) is 6.58. The lowest BCUT2D eigenvalue weighted by Gasteiger charge is -2.26. The van der Waals surface area contributed by atoms with Gasteiger partial charge in [0.25, 0.3) is 0 Å². The van der Waals surface area contributed by atoms with Crippen molar-refractivity contribution in [3.63, 3.8) is 0 Å². The molecule has 9 heteroatoms. The SMILES string of the molecule is CCOC(=O)C1=C(C)NC(SCC(=O)Nc2ccccc2C)=N[C@H]1c1ccc(OC)cc1OC. The number of hydrogen-bond donors (Lipinski definition) is 2. The molecule has 1 aliphatic rings. The van der Waals surface area contributed by atoms with Crippen LogP contribution in [0.4, 0.5) is 5.69 Å². The molecule has 3 rings (SSSR count). The van der Waals surface area contributed by atoms with Gasteiger partial charge in [-0.3, -0.25) is 4.79 Å². The average molecular weight is 484 g/mol. The van der Waals surface area contributed by atoms with Crippen molar-refractivity contribution in [1.29, 1.82) is 0 Å². The van der Waals surface area contributed by atoms with Crippen LogP contribution >= 0.6 is 11.8 Å². The van der Waals surface area contributed by atoms with Gasteiger partial charge in [-0.1, -0.05) is 30.0 Å².